The molecule has 1 aliphatic carbocycles. The van der Waals surface area contributed by atoms with Crippen molar-refractivity contribution in [1.29, 1.82) is 0 Å². The van der Waals surface area contributed by atoms with Crippen LogP contribution in [0, 0.1) is 11.8 Å². The predicted molar refractivity (Wildman–Crippen MR) is 72.4 cm³/mol. The molecular formula is C15H23NO3. The van der Waals surface area contributed by atoms with Gasteiger partial charge >= 0.3 is 5.97 Å². The molecule has 0 aromatic heterocycles. The smallest absolute Gasteiger partial charge is 0.310 e. The van der Waals surface area contributed by atoms with Gasteiger partial charge in [-0.05, 0) is 39.0 Å². The van der Waals surface area contributed by atoms with Crippen LogP contribution in [-0.4, -0.2) is 36.5 Å². The van der Waals surface area contributed by atoms with E-state index in [4.69, 9.17) is 4.74 Å². The Labute approximate surface area is 114 Å². The van der Waals surface area contributed by atoms with Crippen molar-refractivity contribution in [2.24, 2.45) is 11.8 Å². The molecule has 19 heavy (non-hydrogen) atoms. The van der Waals surface area contributed by atoms with Gasteiger partial charge in [0.2, 0.25) is 5.91 Å². The molecule has 0 unspecified atom stereocenters. The molecule has 0 saturated carbocycles. The monoisotopic (exact) mass is 265 g/mol. The number of hydrogen-bond acceptors (Lipinski definition) is 3. The second-order valence-corrected chi connectivity index (χ2v) is 5.36. The van der Waals surface area contributed by atoms with Crippen molar-refractivity contribution in [1.82, 2.24) is 4.90 Å². The molecule has 1 fully saturated rings. The van der Waals surface area contributed by atoms with Crippen LogP contribution >= 0.6 is 0 Å². The summed E-state index contributed by atoms with van der Waals surface area (Å²) < 4.78 is 5.07. The summed E-state index contributed by atoms with van der Waals surface area (Å²) in [4.78, 5) is 26.1. The molecule has 0 aromatic rings. The Morgan fingerprint density at radius 3 is 2.79 bits per heavy atom. The van der Waals surface area contributed by atoms with E-state index < -0.39 is 0 Å². The summed E-state index contributed by atoms with van der Waals surface area (Å²) in [6, 6.07) is 0. The SMILES string of the molecule is CCOC(=O)[C@H]1CCCN(C(=O)[C@H]2CC=CCC2)C1. The Hall–Kier alpha value is -1.32. The van der Waals surface area contributed by atoms with Gasteiger partial charge in [0.25, 0.3) is 0 Å². The third kappa shape index (κ3) is 3.58. The molecule has 2 aliphatic rings. The van der Waals surface area contributed by atoms with Crippen molar-refractivity contribution in [2.75, 3.05) is 19.7 Å². The van der Waals surface area contributed by atoms with Crippen molar-refractivity contribution in [3.63, 3.8) is 0 Å². The molecule has 4 heteroatoms. The van der Waals surface area contributed by atoms with Gasteiger partial charge in [-0.3, -0.25) is 9.59 Å². The molecule has 2 rings (SSSR count). The van der Waals surface area contributed by atoms with Crippen molar-refractivity contribution in [3.05, 3.63) is 12.2 Å². The predicted octanol–water partition coefficient (Wildman–Crippen LogP) is 2.14. The second-order valence-electron chi connectivity index (χ2n) is 5.36. The molecule has 0 N–H and O–H groups in total. The van der Waals surface area contributed by atoms with Gasteiger partial charge in [0.1, 0.15) is 0 Å². The third-order valence-corrected chi connectivity index (χ3v) is 3.97. The molecule has 2 atom stereocenters. The minimum absolute atomic E-state index is 0.117. The topological polar surface area (TPSA) is 46.6 Å². The number of ether oxygens (including phenoxy) is 1. The van der Waals surface area contributed by atoms with Crippen LogP contribution < -0.4 is 0 Å². The Morgan fingerprint density at radius 1 is 1.26 bits per heavy atom. The van der Waals surface area contributed by atoms with Crippen LogP contribution in [-0.2, 0) is 14.3 Å². The quantitative estimate of drug-likeness (QED) is 0.580. The molecule has 4 nitrogen and oxygen atoms in total. The van der Waals surface area contributed by atoms with E-state index in [2.05, 4.69) is 12.2 Å². The van der Waals surface area contributed by atoms with E-state index in [1.165, 1.54) is 0 Å². The van der Waals surface area contributed by atoms with E-state index in [0.29, 0.717) is 13.2 Å². The molecule has 1 saturated heterocycles. The van der Waals surface area contributed by atoms with E-state index in [0.717, 1.165) is 38.6 Å². The first-order valence-corrected chi connectivity index (χ1v) is 7.32. The van der Waals surface area contributed by atoms with Gasteiger partial charge < -0.3 is 9.64 Å². The van der Waals surface area contributed by atoms with Crippen molar-refractivity contribution < 1.29 is 14.3 Å². The number of hydrogen-bond donors (Lipinski definition) is 0. The zero-order valence-electron chi connectivity index (χ0n) is 11.6. The molecule has 0 spiro atoms. The average molecular weight is 265 g/mol. The molecule has 106 valence electrons. The van der Waals surface area contributed by atoms with E-state index in [-0.39, 0.29) is 23.7 Å². The highest BCUT2D eigenvalue weighted by atomic mass is 16.5. The number of esters is 1. The zero-order valence-corrected chi connectivity index (χ0v) is 11.6. The number of likely N-dealkylation sites (tertiary alicyclic amines) is 1. The van der Waals surface area contributed by atoms with Crippen molar-refractivity contribution in [3.8, 4) is 0 Å². The van der Waals surface area contributed by atoms with Gasteiger partial charge in [0, 0.05) is 19.0 Å². The maximum Gasteiger partial charge on any atom is 0.310 e. The highest BCUT2D eigenvalue weighted by Gasteiger charge is 2.32. The fraction of sp³-hybridized carbons (Fsp3) is 0.733. The molecule has 0 aromatic carbocycles. The van der Waals surface area contributed by atoms with Crippen LogP contribution in [0.2, 0.25) is 0 Å². The van der Waals surface area contributed by atoms with E-state index in [9.17, 15) is 9.59 Å². The van der Waals surface area contributed by atoms with E-state index in [1.54, 1.807) is 0 Å². The van der Waals surface area contributed by atoms with E-state index >= 15 is 0 Å². The minimum Gasteiger partial charge on any atom is -0.466 e. The Balaban J connectivity index is 1.91. The standard InChI is InChI=1S/C15H23NO3/c1-2-19-15(18)13-9-6-10-16(11-13)14(17)12-7-4-3-5-8-12/h3-4,12-13H,2,5-11H2,1H3/t12-,13-/m0/s1. The fourth-order valence-corrected chi connectivity index (χ4v) is 2.91. The van der Waals surface area contributed by atoms with Gasteiger partial charge in [-0.2, -0.15) is 0 Å². The largest absolute Gasteiger partial charge is 0.466 e. The molecule has 1 aliphatic heterocycles. The van der Waals surface area contributed by atoms with Gasteiger partial charge in [0.15, 0.2) is 0 Å². The lowest BCUT2D eigenvalue weighted by Crippen LogP contribution is -2.45. The Morgan fingerprint density at radius 2 is 2.11 bits per heavy atom. The van der Waals surface area contributed by atoms with Crippen LogP contribution in [0.4, 0.5) is 0 Å². The molecule has 1 heterocycles. The summed E-state index contributed by atoms with van der Waals surface area (Å²) in [5, 5.41) is 0. The van der Waals surface area contributed by atoms with Gasteiger partial charge in [0.05, 0.1) is 12.5 Å². The van der Waals surface area contributed by atoms with Gasteiger partial charge in [-0.25, -0.2) is 0 Å². The molecule has 0 radical (unpaired) electrons. The number of carbonyl (C=O) groups excluding carboxylic acids is 2. The zero-order chi connectivity index (χ0) is 13.7. The minimum atomic E-state index is -0.150. The second kappa shape index (κ2) is 6.73. The van der Waals surface area contributed by atoms with Crippen LogP contribution in [0.25, 0.3) is 0 Å². The van der Waals surface area contributed by atoms with Crippen LogP contribution in [0.15, 0.2) is 12.2 Å². The number of piperidine rings is 1. The number of allylic oxidation sites excluding steroid dienone is 2. The fourth-order valence-electron chi connectivity index (χ4n) is 2.91. The lowest BCUT2D eigenvalue weighted by Gasteiger charge is -2.34. The lowest BCUT2D eigenvalue weighted by atomic mass is 9.91. The first-order valence-electron chi connectivity index (χ1n) is 7.32. The summed E-state index contributed by atoms with van der Waals surface area (Å²) in [6.45, 7) is 3.56. The summed E-state index contributed by atoms with van der Waals surface area (Å²) >= 11 is 0. The van der Waals surface area contributed by atoms with Gasteiger partial charge in [-0.15, -0.1) is 0 Å². The normalized spacial score (nSPS) is 27.1. The number of rotatable bonds is 3. The highest BCUT2D eigenvalue weighted by molar-refractivity contribution is 5.80. The summed E-state index contributed by atoms with van der Waals surface area (Å²) in [5.41, 5.74) is 0. The first kappa shape index (κ1) is 14.1. The molecular weight excluding hydrogens is 242 g/mol. The summed E-state index contributed by atoms with van der Waals surface area (Å²) in [7, 11) is 0. The molecule has 1 amide bonds. The van der Waals surface area contributed by atoms with Crippen LogP contribution in [0.3, 0.4) is 0 Å². The lowest BCUT2D eigenvalue weighted by molar-refractivity contribution is -0.152. The maximum atomic E-state index is 12.4. The Kier molecular flexibility index (Phi) is 5.00. The Bertz CT molecular complexity index is 364. The maximum absolute atomic E-state index is 12.4. The average Bonchev–Trinajstić information content (AvgIpc) is 2.48. The van der Waals surface area contributed by atoms with Gasteiger partial charge in [-0.1, -0.05) is 12.2 Å². The number of carbonyl (C=O) groups is 2. The summed E-state index contributed by atoms with van der Waals surface area (Å²) in [5.74, 6) is 0.0598. The van der Waals surface area contributed by atoms with Crippen LogP contribution in [0.1, 0.15) is 39.0 Å². The van der Waals surface area contributed by atoms with Crippen molar-refractivity contribution >= 4 is 11.9 Å². The highest BCUT2D eigenvalue weighted by Crippen LogP contribution is 2.24. The first-order chi connectivity index (χ1) is 9.22. The number of amides is 1. The number of nitrogens with zero attached hydrogens (tertiary/aromatic N) is 1. The molecule has 0 bridgehead atoms. The summed E-state index contributed by atoms with van der Waals surface area (Å²) in [6.07, 6.45) is 8.76. The van der Waals surface area contributed by atoms with Crippen LogP contribution in [0.5, 0.6) is 0 Å². The van der Waals surface area contributed by atoms with Crippen molar-refractivity contribution in [2.45, 2.75) is 39.0 Å². The van der Waals surface area contributed by atoms with E-state index in [1.807, 2.05) is 11.8 Å². The third-order valence-electron chi connectivity index (χ3n) is 3.97.